The average Bonchev–Trinajstić information content (AvgIpc) is 3.22. The van der Waals surface area contributed by atoms with E-state index < -0.39 is 34.5 Å². The molecule has 1 atom stereocenters. The molecule has 3 heterocycles. The van der Waals surface area contributed by atoms with E-state index in [1.54, 1.807) is 13.1 Å². The van der Waals surface area contributed by atoms with Crippen LogP contribution in [0.25, 0.3) is 22.3 Å². The van der Waals surface area contributed by atoms with Crippen molar-refractivity contribution >= 4 is 17.0 Å². The molecular weight excluding hydrogens is 503 g/mol. The van der Waals surface area contributed by atoms with Gasteiger partial charge in [0.05, 0.1) is 22.6 Å². The van der Waals surface area contributed by atoms with Gasteiger partial charge < -0.3 is 4.90 Å². The summed E-state index contributed by atoms with van der Waals surface area (Å²) in [5, 5.41) is 13.7. The Labute approximate surface area is 215 Å². The van der Waals surface area contributed by atoms with Crippen LogP contribution in [-0.4, -0.2) is 32.8 Å². The van der Waals surface area contributed by atoms with Crippen LogP contribution in [0.1, 0.15) is 35.1 Å². The van der Waals surface area contributed by atoms with Gasteiger partial charge in [-0.15, -0.1) is 0 Å². The molecule has 2 aromatic carbocycles. The van der Waals surface area contributed by atoms with Gasteiger partial charge in [-0.2, -0.15) is 28.5 Å². The van der Waals surface area contributed by atoms with Gasteiger partial charge in [-0.25, -0.2) is 18.4 Å². The molecule has 11 heteroatoms. The Hall–Kier alpha value is -4.07. The van der Waals surface area contributed by atoms with Crippen molar-refractivity contribution in [2.24, 2.45) is 13.0 Å². The summed E-state index contributed by atoms with van der Waals surface area (Å²) < 4.78 is 70.8. The summed E-state index contributed by atoms with van der Waals surface area (Å²) in [6, 6.07) is 10.1. The molecule has 0 N–H and O–H groups in total. The third-order valence-electron chi connectivity index (χ3n) is 6.93. The van der Waals surface area contributed by atoms with Gasteiger partial charge in [-0.1, -0.05) is 12.1 Å². The Morgan fingerprint density at radius 2 is 1.95 bits per heavy atom. The van der Waals surface area contributed by atoms with E-state index in [9.17, 15) is 22.0 Å². The number of aromatic nitrogens is 4. The summed E-state index contributed by atoms with van der Waals surface area (Å²) in [7, 11) is 1.56. The smallest absolute Gasteiger partial charge is 0.340 e. The summed E-state index contributed by atoms with van der Waals surface area (Å²) in [5.41, 5.74) is -0.814. The summed E-state index contributed by atoms with van der Waals surface area (Å²) in [4.78, 5) is 11.1. The molecule has 0 amide bonds. The van der Waals surface area contributed by atoms with Crippen LogP contribution in [0.3, 0.4) is 0 Å². The monoisotopic (exact) mass is 526 g/mol. The molecule has 0 radical (unpaired) electrons. The lowest BCUT2D eigenvalue weighted by atomic mass is 9.91. The van der Waals surface area contributed by atoms with Crippen molar-refractivity contribution in [3.05, 3.63) is 70.4 Å². The number of fused-ring (bicyclic) bond motifs is 1. The lowest BCUT2D eigenvalue weighted by molar-refractivity contribution is -0.140. The Morgan fingerprint density at radius 1 is 1.16 bits per heavy atom. The first-order chi connectivity index (χ1) is 18.1. The van der Waals surface area contributed by atoms with E-state index in [1.807, 2.05) is 23.1 Å². The number of piperidine rings is 1. The van der Waals surface area contributed by atoms with Gasteiger partial charge in [0.1, 0.15) is 17.3 Å². The SMILES string of the molecule is Cc1c(F)c(-c2nn(C)c3nc(N4CCCC(Cc5cccc(C#N)c5)C4)ncc23)cc(C(F)(F)F)c1F. The van der Waals surface area contributed by atoms with E-state index in [2.05, 4.69) is 21.1 Å². The van der Waals surface area contributed by atoms with Crippen LogP contribution in [-0.2, 0) is 19.6 Å². The zero-order valence-corrected chi connectivity index (χ0v) is 20.7. The highest BCUT2D eigenvalue weighted by molar-refractivity contribution is 5.91. The van der Waals surface area contributed by atoms with Crippen LogP contribution in [0, 0.1) is 35.8 Å². The highest BCUT2D eigenvalue weighted by atomic mass is 19.4. The third kappa shape index (κ3) is 4.66. The fourth-order valence-electron chi connectivity index (χ4n) is 5.04. The molecule has 0 bridgehead atoms. The maximum absolute atomic E-state index is 15.0. The molecule has 4 aromatic rings. The van der Waals surface area contributed by atoms with E-state index in [0.717, 1.165) is 38.3 Å². The van der Waals surface area contributed by atoms with Gasteiger partial charge in [-0.05, 0) is 55.9 Å². The van der Waals surface area contributed by atoms with Crippen molar-refractivity contribution in [2.45, 2.75) is 32.4 Å². The van der Waals surface area contributed by atoms with Gasteiger partial charge in [0, 0.05) is 37.5 Å². The Morgan fingerprint density at radius 3 is 2.68 bits per heavy atom. The molecule has 0 aliphatic carbocycles. The molecule has 38 heavy (non-hydrogen) atoms. The first-order valence-corrected chi connectivity index (χ1v) is 12.1. The molecular formula is C27H23F5N6. The summed E-state index contributed by atoms with van der Waals surface area (Å²) in [5.74, 6) is -2.00. The number of hydrogen-bond acceptors (Lipinski definition) is 5. The molecule has 1 unspecified atom stereocenters. The Kier molecular flexibility index (Phi) is 6.51. The van der Waals surface area contributed by atoms with Crippen LogP contribution in [0.5, 0.6) is 0 Å². The van der Waals surface area contributed by atoms with Crippen LogP contribution in [0.2, 0.25) is 0 Å². The van der Waals surface area contributed by atoms with Crippen molar-refractivity contribution in [3.8, 4) is 17.3 Å². The predicted molar refractivity (Wildman–Crippen MR) is 131 cm³/mol. The van der Waals surface area contributed by atoms with Crippen molar-refractivity contribution in [3.63, 3.8) is 0 Å². The second-order valence-corrected chi connectivity index (χ2v) is 9.57. The number of nitrogens with zero attached hydrogens (tertiary/aromatic N) is 6. The number of nitriles is 1. The highest BCUT2D eigenvalue weighted by Gasteiger charge is 2.37. The zero-order chi connectivity index (χ0) is 27.2. The van der Waals surface area contributed by atoms with Crippen LogP contribution < -0.4 is 4.90 Å². The molecule has 1 aliphatic heterocycles. The van der Waals surface area contributed by atoms with E-state index in [0.29, 0.717) is 35.7 Å². The molecule has 5 rings (SSSR count). The number of alkyl halides is 3. The second-order valence-electron chi connectivity index (χ2n) is 9.57. The van der Waals surface area contributed by atoms with Crippen molar-refractivity contribution in [1.29, 1.82) is 5.26 Å². The molecule has 0 spiro atoms. The number of hydrogen-bond donors (Lipinski definition) is 0. The topological polar surface area (TPSA) is 70.6 Å². The number of anilines is 1. The second kappa shape index (κ2) is 9.67. The van der Waals surface area contributed by atoms with E-state index in [1.165, 1.54) is 10.9 Å². The molecule has 1 saturated heterocycles. The summed E-state index contributed by atoms with van der Waals surface area (Å²) in [6.45, 7) is 2.38. The fraction of sp³-hybridized carbons (Fsp3) is 0.333. The van der Waals surface area contributed by atoms with Crippen LogP contribution in [0.4, 0.5) is 27.9 Å². The lowest BCUT2D eigenvalue weighted by Gasteiger charge is -2.32. The average molecular weight is 527 g/mol. The van der Waals surface area contributed by atoms with Gasteiger partial charge >= 0.3 is 6.18 Å². The number of rotatable bonds is 4. The molecule has 2 aromatic heterocycles. The van der Waals surface area contributed by atoms with Crippen molar-refractivity contribution in [1.82, 2.24) is 19.7 Å². The van der Waals surface area contributed by atoms with E-state index in [4.69, 9.17) is 5.26 Å². The maximum atomic E-state index is 15.0. The lowest BCUT2D eigenvalue weighted by Crippen LogP contribution is -2.37. The Bertz CT molecular complexity index is 1570. The van der Waals surface area contributed by atoms with E-state index >= 15 is 0 Å². The summed E-state index contributed by atoms with van der Waals surface area (Å²) >= 11 is 0. The first kappa shape index (κ1) is 25.6. The minimum Gasteiger partial charge on any atom is -0.340 e. The number of aryl methyl sites for hydroxylation is 1. The van der Waals surface area contributed by atoms with Gasteiger partial charge in [-0.3, -0.25) is 0 Å². The van der Waals surface area contributed by atoms with E-state index in [-0.39, 0.29) is 11.1 Å². The largest absolute Gasteiger partial charge is 0.419 e. The number of benzene rings is 2. The normalized spacial score (nSPS) is 16.2. The molecule has 6 nitrogen and oxygen atoms in total. The molecule has 1 fully saturated rings. The van der Waals surface area contributed by atoms with Crippen LogP contribution >= 0.6 is 0 Å². The third-order valence-corrected chi connectivity index (χ3v) is 6.93. The first-order valence-electron chi connectivity index (χ1n) is 12.1. The fourth-order valence-corrected chi connectivity index (χ4v) is 5.04. The predicted octanol–water partition coefficient (Wildman–Crippen LogP) is 5.97. The molecule has 1 aliphatic rings. The van der Waals surface area contributed by atoms with Gasteiger partial charge in [0.2, 0.25) is 5.95 Å². The molecule has 196 valence electrons. The van der Waals surface area contributed by atoms with Gasteiger partial charge in [0.15, 0.2) is 5.65 Å². The summed E-state index contributed by atoms with van der Waals surface area (Å²) in [6.07, 6.45) is -0.844. The quantitative estimate of drug-likeness (QED) is 0.307. The van der Waals surface area contributed by atoms with Crippen LogP contribution in [0.15, 0.2) is 36.5 Å². The Balaban J connectivity index is 1.46. The molecule has 0 saturated carbocycles. The highest BCUT2D eigenvalue weighted by Crippen LogP contribution is 2.39. The standard InChI is InChI=1S/C27H23F5N6/c1-15-22(28)19(11-21(23(15)29)27(30,31)32)24-20-13-34-26(35-25(20)37(2)36-24)38-8-4-7-18(14-38)10-16-5-3-6-17(9-16)12-33/h3,5-6,9,11,13,18H,4,7-8,10,14H2,1-2H3. The minimum absolute atomic E-state index is 0.0888. The number of halogens is 5. The van der Waals surface area contributed by atoms with Crippen molar-refractivity contribution in [2.75, 3.05) is 18.0 Å². The van der Waals surface area contributed by atoms with Crippen molar-refractivity contribution < 1.29 is 22.0 Å². The van der Waals surface area contributed by atoms with Gasteiger partial charge in [0.25, 0.3) is 0 Å². The zero-order valence-electron chi connectivity index (χ0n) is 20.7. The maximum Gasteiger partial charge on any atom is 0.419 e. The minimum atomic E-state index is -4.99.